The van der Waals surface area contributed by atoms with Crippen LogP contribution in [0.3, 0.4) is 0 Å². The van der Waals surface area contributed by atoms with Crippen molar-refractivity contribution in [1.29, 1.82) is 0 Å². The molecule has 1 aliphatic rings. The Labute approximate surface area is 103 Å². The fourth-order valence-electron chi connectivity index (χ4n) is 2.44. The van der Waals surface area contributed by atoms with E-state index in [-0.39, 0.29) is 17.8 Å². The summed E-state index contributed by atoms with van der Waals surface area (Å²) in [5.41, 5.74) is 2.49. The van der Waals surface area contributed by atoms with E-state index in [1.54, 1.807) is 0 Å². The first-order valence-electron chi connectivity index (χ1n) is 6.00. The summed E-state index contributed by atoms with van der Waals surface area (Å²) in [6.45, 7) is 4.17. The van der Waals surface area contributed by atoms with Gasteiger partial charge in [-0.3, -0.25) is 0 Å². The molecular weight excluding hydrogens is 234 g/mol. The topological polar surface area (TPSA) is 46.2 Å². The Morgan fingerprint density at radius 2 is 2.06 bits per heavy atom. The van der Waals surface area contributed by atoms with Crippen molar-refractivity contribution in [3.63, 3.8) is 0 Å². The maximum absolute atomic E-state index is 11.4. The van der Waals surface area contributed by atoms with E-state index in [4.69, 9.17) is 0 Å². The Balaban J connectivity index is 2.03. The first-order valence-corrected chi connectivity index (χ1v) is 7.82. The van der Waals surface area contributed by atoms with Gasteiger partial charge in [-0.1, -0.05) is 24.3 Å². The van der Waals surface area contributed by atoms with Crippen molar-refractivity contribution >= 4 is 9.84 Å². The molecule has 1 heterocycles. The van der Waals surface area contributed by atoms with Gasteiger partial charge < -0.3 is 5.32 Å². The van der Waals surface area contributed by atoms with Crippen LogP contribution >= 0.6 is 0 Å². The van der Waals surface area contributed by atoms with Crippen LogP contribution in [0.4, 0.5) is 0 Å². The maximum Gasteiger partial charge on any atom is 0.151 e. The highest BCUT2D eigenvalue weighted by Crippen LogP contribution is 2.20. The summed E-state index contributed by atoms with van der Waals surface area (Å²) in [5, 5.41) is 3.41. The maximum atomic E-state index is 11.4. The van der Waals surface area contributed by atoms with Crippen LogP contribution < -0.4 is 5.32 Å². The molecule has 1 unspecified atom stereocenters. The van der Waals surface area contributed by atoms with Gasteiger partial charge >= 0.3 is 0 Å². The summed E-state index contributed by atoms with van der Waals surface area (Å²) in [7, 11) is -2.80. The van der Waals surface area contributed by atoms with E-state index < -0.39 is 9.84 Å². The summed E-state index contributed by atoms with van der Waals surface area (Å²) in [5.74, 6) is 0.606. The molecule has 4 heteroatoms. The Hall–Kier alpha value is -0.870. The zero-order valence-corrected chi connectivity index (χ0v) is 11.1. The third kappa shape index (κ3) is 3.07. The van der Waals surface area contributed by atoms with Crippen molar-refractivity contribution < 1.29 is 8.42 Å². The highest BCUT2D eigenvalue weighted by Gasteiger charge is 2.28. The summed E-state index contributed by atoms with van der Waals surface area (Å²) in [4.78, 5) is 0. The average molecular weight is 253 g/mol. The van der Waals surface area contributed by atoms with Crippen molar-refractivity contribution in [1.82, 2.24) is 5.32 Å². The van der Waals surface area contributed by atoms with Crippen molar-refractivity contribution in [2.75, 3.05) is 11.5 Å². The van der Waals surface area contributed by atoms with Gasteiger partial charge in [0.05, 0.1) is 11.5 Å². The van der Waals surface area contributed by atoms with Crippen molar-refractivity contribution in [3.8, 4) is 0 Å². The molecule has 0 bridgehead atoms. The molecular formula is C13H19NO2S. The van der Waals surface area contributed by atoms with E-state index in [0.717, 1.165) is 6.42 Å². The van der Waals surface area contributed by atoms with Crippen molar-refractivity contribution in [2.45, 2.75) is 32.4 Å². The summed E-state index contributed by atoms with van der Waals surface area (Å²) < 4.78 is 22.8. The van der Waals surface area contributed by atoms with Crippen LogP contribution in [0, 0.1) is 6.92 Å². The lowest BCUT2D eigenvalue weighted by Crippen LogP contribution is -2.32. The number of nitrogens with one attached hydrogen (secondary N) is 1. The van der Waals surface area contributed by atoms with Gasteiger partial charge in [0.2, 0.25) is 0 Å². The van der Waals surface area contributed by atoms with E-state index in [1.165, 1.54) is 11.1 Å². The quantitative estimate of drug-likeness (QED) is 0.894. The molecule has 1 aromatic rings. The lowest BCUT2D eigenvalue weighted by Gasteiger charge is -2.20. The van der Waals surface area contributed by atoms with Crippen LogP contribution in [-0.4, -0.2) is 26.0 Å². The van der Waals surface area contributed by atoms with Gasteiger partial charge in [-0.25, -0.2) is 8.42 Å². The molecule has 0 radical (unpaired) electrons. The molecule has 94 valence electrons. The molecule has 1 saturated heterocycles. The molecule has 1 fully saturated rings. The van der Waals surface area contributed by atoms with Crippen LogP contribution in [0.2, 0.25) is 0 Å². The monoisotopic (exact) mass is 253 g/mol. The molecule has 0 aliphatic carbocycles. The minimum absolute atomic E-state index is 0.106. The van der Waals surface area contributed by atoms with Crippen molar-refractivity contribution in [2.24, 2.45) is 0 Å². The van der Waals surface area contributed by atoms with Gasteiger partial charge in [-0.05, 0) is 31.4 Å². The standard InChI is InChI=1S/C13H19NO2S/c1-10-5-3-4-6-13(10)11(2)14-12-7-8-17(15,16)9-12/h3-6,11-12,14H,7-9H2,1-2H3/t11-,12?/m1/s1. The van der Waals surface area contributed by atoms with Crippen molar-refractivity contribution in [3.05, 3.63) is 35.4 Å². The first-order chi connectivity index (χ1) is 7.98. The number of aryl methyl sites for hydroxylation is 1. The third-order valence-corrected chi connectivity index (χ3v) is 5.14. The Morgan fingerprint density at radius 1 is 1.35 bits per heavy atom. The van der Waals surface area contributed by atoms with Crippen LogP contribution in [0.25, 0.3) is 0 Å². The molecule has 2 rings (SSSR count). The highest BCUT2D eigenvalue weighted by molar-refractivity contribution is 7.91. The zero-order chi connectivity index (χ0) is 12.5. The molecule has 2 atom stereocenters. The average Bonchev–Trinajstić information content (AvgIpc) is 2.58. The predicted octanol–water partition coefficient (Wildman–Crippen LogP) is 1.83. The van der Waals surface area contributed by atoms with E-state index >= 15 is 0 Å². The van der Waals surface area contributed by atoms with Gasteiger partial charge in [-0.2, -0.15) is 0 Å². The molecule has 1 aliphatic heterocycles. The van der Waals surface area contributed by atoms with Crippen LogP contribution in [0.15, 0.2) is 24.3 Å². The van der Waals surface area contributed by atoms with E-state index in [2.05, 4.69) is 31.3 Å². The van der Waals surface area contributed by atoms with Gasteiger partial charge in [0.15, 0.2) is 9.84 Å². The number of hydrogen-bond acceptors (Lipinski definition) is 3. The highest BCUT2D eigenvalue weighted by atomic mass is 32.2. The fourth-order valence-corrected chi connectivity index (χ4v) is 4.13. The van der Waals surface area contributed by atoms with Gasteiger partial charge in [0.25, 0.3) is 0 Å². The molecule has 3 nitrogen and oxygen atoms in total. The smallest absolute Gasteiger partial charge is 0.151 e. The fraction of sp³-hybridized carbons (Fsp3) is 0.538. The second-order valence-corrected chi connectivity index (χ2v) is 7.07. The summed E-state index contributed by atoms with van der Waals surface area (Å²) in [6.07, 6.45) is 0.735. The van der Waals surface area contributed by atoms with Gasteiger partial charge in [0.1, 0.15) is 0 Å². The Bertz CT molecular complexity index is 496. The first kappa shape index (κ1) is 12.6. The zero-order valence-electron chi connectivity index (χ0n) is 10.3. The molecule has 0 spiro atoms. The van der Waals surface area contributed by atoms with Gasteiger partial charge in [0, 0.05) is 12.1 Å². The van der Waals surface area contributed by atoms with E-state index in [1.807, 2.05) is 12.1 Å². The molecule has 1 aromatic carbocycles. The lowest BCUT2D eigenvalue weighted by molar-refractivity contribution is 0.483. The molecule has 0 amide bonds. The largest absolute Gasteiger partial charge is 0.306 e. The minimum atomic E-state index is -2.80. The Morgan fingerprint density at radius 3 is 2.65 bits per heavy atom. The van der Waals surface area contributed by atoms with E-state index in [0.29, 0.717) is 5.75 Å². The number of rotatable bonds is 3. The molecule has 17 heavy (non-hydrogen) atoms. The number of sulfone groups is 1. The SMILES string of the molecule is Cc1ccccc1[C@@H](C)NC1CCS(=O)(=O)C1. The predicted molar refractivity (Wildman–Crippen MR) is 69.8 cm³/mol. The second kappa shape index (κ2) is 4.78. The van der Waals surface area contributed by atoms with E-state index in [9.17, 15) is 8.42 Å². The number of benzene rings is 1. The molecule has 0 aromatic heterocycles. The second-order valence-electron chi connectivity index (χ2n) is 4.84. The number of hydrogen-bond donors (Lipinski definition) is 1. The normalized spacial score (nSPS) is 24.7. The third-order valence-electron chi connectivity index (χ3n) is 3.37. The van der Waals surface area contributed by atoms with Gasteiger partial charge in [-0.15, -0.1) is 0 Å². The van der Waals surface area contributed by atoms with Crippen LogP contribution in [-0.2, 0) is 9.84 Å². The summed E-state index contributed by atoms with van der Waals surface area (Å²) in [6, 6.07) is 8.52. The lowest BCUT2D eigenvalue weighted by atomic mass is 10.0. The van der Waals surface area contributed by atoms with Crippen LogP contribution in [0.1, 0.15) is 30.5 Å². The Kier molecular flexibility index (Phi) is 3.54. The minimum Gasteiger partial charge on any atom is -0.306 e. The van der Waals surface area contributed by atoms with Crippen LogP contribution in [0.5, 0.6) is 0 Å². The molecule has 1 N–H and O–H groups in total. The summed E-state index contributed by atoms with van der Waals surface area (Å²) >= 11 is 0. The molecule has 0 saturated carbocycles.